The molecule has 0 radical (unpaired) electrons. The number of carbonyl (C=O) groups excluding carboxylic acids is 2. The lowest BCUT2D eigenvalue weighted by atomic mass is 10.00. The Balaban J connectivity index is 2.01. The number of hydrogen-bond acceptors (Lipinski definition) is 5. The zero-order valence-electron chi connectivity index (χ0n) is 17.3. The van der Waals surface area contributed by atoms with Gasteiger partial charge in [-0.2, -0.15) is 0 Å². The Bertz CT molecular complexity index is 880. The van der Waals surface area contributed by atoms with Gasteiger partial charge in [-0.05, 0) is 39.1 Å². The Morgan fingerprint density at radius 3 is 2.28 bits per heavy atom. The van der Waals surface area contributed by atoms with Crippen LogP contribution in [-0.4, -0.2) is 51.8 Å². The smallest absolute Gasteiger partial charge is 0.295 e. The second-order valence-electron chi connectivity index (χ2n) is 7.80. The van der Waals surface area contributed by atoms with Crippen molar-refractivity contribution < 1.29 is 14.7 Å². The van der Waals surface area contributed by atoms with E-state index in [0.717, 1.165) is 4.88 Å². The first-order valence-corrected chi connectivity index (χ1v) is 10.8. The molecule has 2 aromatic rings. The van der Waals surface area contributed by atoms with Crippen molar-refractivity contribution in [1.82, 2.24) is 9.80 Å². The maximum absolute atomic E-state index is 12.9. The third kappa shape index (κ3) is 4.28. The second kappa shape index (κ2) is 8.93. The van der Waals surface area contributed by atoms with Crippen LogP contribution in [0.3, 0.4) is 0 Å². The molecular formula is C23H28N2O3S. The Morgan fingerprint density at radius 1 is 1.07 bits per heavy atom. The number of rotatable bonds is 7. The normalized spacial score (nSPS) is 19.1. The summed E-state index contributed by atoms with van der Waals surface area (Å²) >= 11 is 1.49. The van der Waals surface area contributed by atoms with Crippen LogP contribution in [0.25, 0.3) is 5.76 Å². The molecular weight excluding hydrogens is 384 g/mol. The second-order valence-corrected chi connectivity index (χ2v) is 8.78. The Labute approximate surface area is 176 Å². The first kappa shape index (κ1) is 21.3. The summed E-state index contributed by atoms with van der Waals surface area (Å²) in [6.45, 7) is 9.59. The van der Waals surface area contributed by atoms with Gasteiger partial charge in [0.2, 0.25) is 0 Å². The Morgan fingerprint density at radius 2 is 1.72 bits per heavy atom. The van der Waals surface area contributed by atoms with Crippen LogP contribution in [0.15, 0.2) is 53.4 Å². The van der Waals surface area contributed by atoms with Crippen molar-refractivity contribution in [3.8, 4) is 0 Å². The third-order valence-corrected chi connectivity index (χ3v) is 6.25. The number of thiophene rings is 1. The van der Waals surface area contributed by atoms with E-state index in [4.69, 9.17) is 0 Å². The lowest BCUT2D eigenvalue weighted by molar-refractivity contribution is -0.140. The third-order valence-electron chi connectivity index (χ3n) is 5.33. The van der Waals surface area contributed by atoms with Gasteiger partial charge >= 0.3 is 0 Å². The molecule has 1 fully saturated rings. The lowest BCUT2D eigenvalue weighted by Crippen LogP contribution is -2.43. The van der Waals surface area contributed by atoms with Crippen molar-refractivity contribution in [2.24, 2.45) is 0 Å². The predicted molar refractivity (Wildman–Crippen MR) is 117 cm³/mol. The molecule has 1 aromatic carbocycles. The molecule has 1 aromatic heterocycles. The summed E-state index contributed by atoms with van der Waals surface area (Å²) in [6, 6.07) is 12.8. The molecule has 1 unspecified atom stereocenters. The van der Waals surface area contributed by atoms with E-state index in [1.807, 2.05) is 23.6 Å². The van der Waals surface area contributed by atoms with Crippen LogP contribution in [0, 0.1) is 0 Å². The standard InChI is InChI=1S/C23H28N2O3S/c1-15(2)24(16(3)4)12-13-25-20(18-11-8-14-29-18)19(22(27)23(25)28)21(26)17-9-6-5-7-10-17/h5-11,14-16,20,26H,12-13H2,1-4H3/b21-19+. The molecule has 1 atom stereocenters. The van der Waals surface area contributed by atoms with Gasteiger partial charge in [0.25, 0.3) is 11.7 Å². The number of amides is 1. The molecule has 3 rings (SSSR count). The summed E-state index contributed by atoms with van der Waals surface area (Å²) in [6.07, 6.45) is 0. The van der Waals surface area contributed by atoms with E-state index in [0.29, 0.717) is 30.7 Å². The largest absolute Gasteiger partial charge is 0.507 e. The highest BCUT2D eigenvalue weighted by Crippen LogP contribution is 2.40. The summed E-state index contributed by atoms with van der Waals surface area (Å²) in [5, 5.41) is 12.8. The Kier molecular flexibility index (Phi) is 6.55. The number of carbonyl (C=O) groups is 2. The van der Waals surface area contributed by atoms with Crippen molar-refractivity contribution in [1.29, 1.82) is 0 Å². The number of hydrogen-bond donors (Lipinski definition) is 1. The molecule has 1 amide bonds. The fourth-order valence-electron chi connectivity index (χ4n) is 3.94. The molecule has 2 heterocycles. The molecule has 1 N–H and O–H groups in total. The highest BCUT2D eigenvalue weighted by Gasteiger charge is 2.46. The average molecular weight is 413 g/mol. The van der Waals surface area contributed by atoms with Gasteiger partial charge in [0, 0.05) is 35.6 Å². The van der Waals surface area contributed by atoms with Gasteiger partial charge in [0.15, 0.2) is 0 Å². The van der Waals surface area contributed by atoms with E-state index < -0.39 is 17.7 Å². The molecule has 1 saturated heterocycles. The zero-order valence-corrected chi connectivity index (χ0v) is 18.1. The van der Waals surface area contributed by atoms with E-state index in [9.17, 15) is 14.7 Å². The quantitative estimate of drug-likeness (QED) is 0.419. The van der Waals surface area contributed by atoms with Crippen LogP contribution in [0.5, 0.6) is 0 Å². The summed E-state index contributed by atoms with van der Waals surface area (Å²) in [5.74, 6) is -1.28. The van der Waals surface area contributed by atoms with Gasteiger partial charge < -0.3 is 10.0 Å². The van der Waals surface area contributed by atoms with Crippen LogP contribution >= 0.6 is 11.3 Å². The number of aliphatic hydroxyl groups excluding tert-OH is 1. The minimum Gasteiger partial charge on any atom is -0.507 e. The minimum absolute atomic E-state index is 0.116. The van der Waals surface area contributed by atoms with E-state index in [1.54, 1.807) is 29.2 Å². The van der Waals surface area contributed by atoms with E-state index in [2.05, 4.69) is 32.6 Å². The summed E-state index contributed by atoms with van der Waals surface area (Å²) < 4.78 is 0. The number of nitrogens with zero attached hydrogens (tertiary/aromatic N) is 2. The average Bonchev–Trinajstić information content (AvgIpc) is 3.30. The number of likely N-dealkylation sites (tertiary alicyclic amines) is 1. The highest BCUT2D eigenvalue weighted by molar-refractivity contribution is 7.10. The van der Waals surface area contributed by atoms with Gasteiger partial charge in [-0.15, -0.1) is 11.3 Å². The Hall–Kier alpha value is -2.44. The van der Waals surface area contributed by atoms with Crippen molar-refractivity contribution >= 4 is 28.8 Å². The molecule has 6 heteroatoms. The first-order valence-electron chi connectivity index (χ1n) is 9.96. The van der Waals surface area contributed by atoms with Gasteiger partial charge in [-0.3, -0.25) is 14.5 Å². The van der Waals surface area contributed by atoms with Crippen molar-refractivity contribution in [3.63, 3.8) is 0 Å². The molecule has 5 nitrogen and oxygen atoms in total. The van der Waals surface area contributed by atoms with Crippen LogP contribution in [0.4, 0.5) is 0 Å². The maximum Gasteiger partial charge on any atom is 0.295 e. The number of ketones is 1. The topological polar surface area (TPSA) is 60.9 Å². The molecule has 1 aliphatic heterocycles. The van der Waals surface area contributed by atoms with E-state index >= 15 is 0 Å². The minimum atomic E-state index is -0.620. The molecule has 0 aliphatic carbocycles. The fourth-order valence-corrected chi connectivity index (χ4v) is 4.79. The van der Waals surface area contributed by atoms with Crippen LogP contribution in [-0.2, 0) is 9.59 Å². The van der Waals surface area contributed by atoms with Crippen LogP contribution in [0.2, 0.25) is 0 Å². The van der Waals surface area contributed by atoms with Crippen molar-refractivity contribution in [3.05, 3.63) is 63.9 Å². The monoisotopic (exact) mass is 412 g/mol. The van der Waals surface area contributed by atoms with Crippen LogP contribution < -0.4 is 0 Å². The molecule has 0 saturated carbocycles. The number of aliphatic hydroxyl groups is 1. The van der Waals surface area contributed by atoms with E-state index in [1.165, 1.54) is 11.3 Å². The predicted octanol–water partition coefficient (Wildman–Crippen LogP) is 4.29. The van der Waals surface area contributed by atoms with Crippen molar-refractivity contribution in [2.75, 3.05) is 13.1 Å². The van der Waals surface area contributed by atoms with Gasteiger partial charge in [0.05, 0.1) is 11.6 Å². The van der Waals surface area contributed by atoms with Gasteiger partial charge in [0.1, 0.15) is 5.76 Å². The highest BCUT2D eigenvalue weighted by atomic mass is 32.1. The molecule has 0 bridgehead atoms. The lowest BCUT2D eigenvalue weighted by Gasteiger charge is -2.33. The molecule has 1 aliphatic rings. The SMILES string of the molecule is CC(C)N(CCN1C(=O)C(=O)/C(=C(/O)c2ccccc2)C1c1cccs1)C(C)C. The summed E-state index contributed by atoms with van der Waals surface area (Å²) in [5.41, 5.74) is 0.710. The maximum atomic E-state index is 12.9. The van der Waals surface area contributed by atoms with Crippen molar-refractivity contribution in [2.45, 2.75) is 45.8 Å². The zero-order chi connectivity index (χ0) is 21.1. The van der Waals surface area contributed by atoms with Crippen LogP contribution in [0.1, 0.15) is 44.2 Å². The number of Topliss-reactive ketones (excluding diaryl/α,β-unsaturated/α-hetero) is 1. The summed E-state index contributed by atoms with van der Waals surface area (Å²) in [7, 11) is 0. The fraction of sp³-hybridized carbons (Fsp3) is 0.391. The molecule has 154 valence electrons. The summed E-state index contributed by atoms with van der Waals surface area (Å²) in [4.78, 5) is 30.6. The molecule has 29 heavy (non-hydrogen) atoms. The number of benzene rings is 1. The van der Waals surface area contributed by atoms with Gasteiger partial charge in [-0.25, -0.2) is 0 Å². The van der Waals surface area contributed by atoms with Gasteiger partial charge in [-0.1, -0.05) is 36.4 Å². The van der Waals surface area contributed by atoms with E-state index in [-0.39, 0.29) is 11.3 Å². The first-order chi connectivity index (χ1) is 13.8. The molecule has 0 spiro atoms.